The molecule has 3 aliphatic rings. The van der Waals surface area contributed by atoms with Crippen LogP contribution < -0.4 is 0 Å². The lowest BCUT2D eigenvalue weighted by Gasteiger charge is -2.32. The number of hydrogen-bond donors (Lipinski definition) is 1. The molecule has 1 aromatic rings. The minimum Gasteiger partial charge on any atom is -0.463 e. The van der Waals surface area contributed by atoms with Gasteiger partial charge < -0.3 is 38.3 Å². The van der Waals surface area contributed by atoms with Crippen LogP contribution >= 0.6 is 0 Å². The summed E-state index contributed by atoms with van der Waals surface area (Å²) in [6.07, 6.45) is 3.40. The monoisotopic (exact) mass is 553 g/mol. The van der Waals surface area contributed by atoms with Gasteiger partial charge in [-0.05, 0) is 32.4 Å². The van der Waals surface area contributed by atoms with Crippen LogP contribution in [0.3, 0.4) is 0 Å². The molecule has 0 amide bonds. The normalized spacial score (nSPS) is 32.1. The lowest BCUT2D eigenvalue weighted by molar-refractivity contribution is -0.216. The van der Waals surface area contributed by atoms with E-state index in [0.29, 0.717) is 12.1 Å². The zero-order valence-corrected chi connectivity index (χ0v) is 23.1. The highest BCUT2D eigenvalue weighted by Crippen LogP contribution is 2.38. The van der Waals surface area contributed by atoms with Crippen molar-refractivity contribution >= 4 is 11.9 Å². The molecule has 2 saturated heterocycles. The Balaban J connectivity index is 1.41. The quantitative estimate of drug-likeness (QED) is 0.229. The summed E-state index contributed by atoms with van der Waals surface area (Å²) in [5, 5.41) is 19.3. The Hall–Kier alpha value is -2.42. The number of fused-ring (bicyclic) bond motifs is 1. The molecule has 13 heteroatoms. The van der Waals surface area contributed by atoms with Gasteiger partial charge in [0.15, 0.2) is 18.4 Å². The molecule has 8 atom stereocenters. The Labute approximate surface area is 227 Å². The number of unbranched alkanes of at least 4 members (excludes halogenated alkanes) is 2. The zero-order valence-electron chi connectivity index (χ0n) is 23.1. The fourth-order valence-electron chi connectivity index (χ4n) is 4.81. The van der Waals surface area contributed by atoms with Crippen LogP contribution in [0.25, 0.3) is 0 Å². The minimum absolute atomic E-state index is 0.0928. The molecule has 218 valence electrons. The van der Waals surface area contributed by atoms with Crippen molar-refractivity contribution in [3.05, 3.63) is 24.0 Å². The highest BCUT2D eigenvalue weighted by atomic mass is 16.8. The third kappa shape index (κ3) is 7.83. The average Bonchev–Trinajstić information content (AvgIpc) is 3.52. The highest BCUT2D eigenvalue weighted by Gasteiger charge is 2.54. The van der Waals surface area contributed by atoms with E-state index in [1.165, 1.54) is 13.8 Å². The SMILES string of the molecule is CCCCCC(O[C@@H]1C=C[C@H](OC(C)=O)[C@@H](COC(C)=O)O1)c1cn(C[C@H]2O[C@@H]3OC(C)(C)O[C@@H]3[C@H]2O)nn1. The van der Waals surface area contributed by atoms with Crippen LogP contribution in [0, 0.1) is 0 Å². The lowest BCUT2D eigenvalue weighted by Crippen LogP contribution is -2.42. The maximum absolute atomic E-state index is 11.5. The van der Waals surface area contributed by atoms with Gasteiger partial charge in [0.1, 0.15) is 48.9 Å². The standard InChI is InChI=1S/C26H39N3O10/c1-6-7-8-9-18(35-22-11-10-19(34-16(3)31)21(36-22)14-33-15(2)30)17-12-29(28-27-17)13-20-23(32)24-25(37-20)39-26(4,5)38-24/h10-12,18-25,32H,6-9,13-14H2,1-5H3/t18?,19-,20+,21+,22-,23-,24+,25+/m0/s1. The fourth-order valence-corrected chi connectivity index (χ4v) is 4.81. The summed E-state index contributed by atoms with van der Waals surface area (Å²) in [5.41, 5.74) is 0.600. The van der Waals surface area contributed by atoms with E-state index in [2.05, 4.69) is 17.2 Å². The molecular weight excluding hydrogens is 514 g/mol. The van der Waals surface area contributed by atoms with Crippen molar-refractivity contribution in [1.82, 2.24) is 15.0 Å². The van der Waals surface area contributed by atoms with Crippen LogP contribution in [-0.2, 0) is 49.3 Å². The predicted octanol–water partition coefficient (Wildman–Crippen LogP) is 1.93. The molecule has 0 saturated carbocycles. The molecule has 0 spiro atoms. The Morgan fingerprint density at radius 1 is 1.13 bits per heavy atom. The summed E-state index contributed by atoms with van der Waals surface area (Å²) in [7, 11) is 0. The van der Waals surface area contributed by atoms with Crippen molar-refractivity contribution in [2.75, 3.05) is 6.61 Å². The molecule has 4 heterocycles. The van der Waals surface area contributed by atoms with Gasteiger partial charge in [0.25, 0.3) is 0 Å². The molecule has 13 nitrogen and oxygen atoms in total. The van der Waals surface area contributed by atoms with E-state index >= 15 is 0 Å². The van der Waals surface area contributed by atoms with Gasteiger partial charge >= 0.3 is 11.9 Å². The smallest absolute Gasteiger partial charge is 0.303 e. The van der Waals surface area contributed by atoms with E-state index in [1.807, 2.05) is 0 Å². The number of nitrogens with zero attached hydrogens (tertiary/aromatic N) is 3. The van der Waals surface area contributed by atoms with Crippen LogP contribution in [0.1, 0.15) is 72.1 Å². The number of esters is 2. The number of hydrogen-bond acceptors (Lipinski definition) is 12. The van der Waals surface area contributed by atoms with E-state index in [9.17, 15) is 14.7 Å². The number of aliphatic hydroxyl groups excluding tert-OH is 1. The van der Waals surface area contributed by atoms with Crippen LogP contribution in [0.2, 0.25) is 0 Å². The molecule has 0 bridgehead atoms. The van der Waals surface area contributed by atoms with E-state index in [4.69, 9.17) is 33.2 Å². The predicted molar refractivity (Wildman–Crippen MR) is 133 cm³/mol. The molecule has 3 aliphatic heterocycles. The first-order chi connectivity index (χ1) is 18.5. The third-order valence-electron chi connectivity index (χ3n) is 6.62. The molecule has 0 radical (unpaired) electrons. The number of carbonyl (C=O) groups excluding carboxylic acids is 2. The molecular formula is C26H39N3O10. The summed E-state index contributed by atoms with van der Waals surface area (Å²) < 4.78 is 41.6. The van der Waals surface area contributed by atoms with Gasteiger partial charge in [-0.15, -0.1) is 5.10 Å². The second-order valence-electron chi connectivity index (χ2n) is 10.4. The van der Waals surface area contributed by atoms with Crippen LogP contribution in [0.4, 0.5) is 0 Å². The highest BCUT2D eigenvalue weighted by molar-refractivity contribution is 5.66. The van der Waals surface area contributed by atoms with Gasteiger partial charge in [-0.25, -0.2) is 4.68 Å². The number of ether oxygens (including phenoxy) is 7. The van der Waals surface area contributed by atoms with Crippen LogP contribution in [0.5, 0.6) is 0 Å². The Kier molecular flexibility index (Phi) is 9.73. The first-order valence-electron chi connectivity index (χ1n) is 13.4. The molecule has 1 aromatic heterocycles. The maximum Gasteiger partial charge on any atom is 0.303 e. The number of carbonyl (C=O) groups is 2. The lowest BCUT2D eigenvalue weighted by atomic mass is 10.1. The van der Waals surface area contributed by atoms with Gasteiger partial charge in [0, 0.05) is 13.8 Å². The van der Waals surface area contributed by atoms with Crippen molar-refractivity contribution in [2.24, 2.45) is 0 Å². The molecule has 1 unspecified atom stereocenters. The average molecular weight is 554 g/mol. The summed E-state index contributed by atoms with van der Waals surface area (Å²) in [5.74, 6) is -1.75. The topological polar surface area (TPSA) is 150 Å². The van der Waals surface area contributed by atoms with E-state index in [-0.39, 0.29) is 13.2 Å². The minimum atomic E-state index is -0.874. The molecule has 1 N–H and O–H groups in total. The Morgan fingerprint density at radius 2 is 1.92 bits per heavy atom. The van der Waals surface area contributed by atoms with Gasteiger partial charge in [0.05, 0.1) is 12.7 Å². The maximum atomic E-state index is 11.5. The second kappa shape index (κ2) is 12.8. The Bertz CT molecular complexity index is 1010. The van der Waals surface area contributed by atoms with Crippen molar-refractivity contribution in [3.8, 4) is 0 Å². The van der Waals surface area contributed by atoms with Gasteiger partial charge in [-0.3, -0.25) is 9.59 Å². The van der Waals surface area contributed by atoms with Gasteiger partial charge in [0.2, 0.25) is 0 Å². The summed E-state index contributed by atoms with van der Waals surface area (Å²) in [6, 6.07) is 0. The van der Waals surface area contributed by atoms with E-state index in [1.54, 1.807) is 36.9 Å². The fraction of sp³-hybridized carbons (Fsp3) is 0.769. The molecule has 39 heavy (non-hydrogen) atoms. The summed E-state index contributed by atoms with van der Waals surface area (Å²) in [6.45, 7) is 8.43. The van der Waals surface area contributed by atoms with Gasteiger partial charge in [-0.2, -0.15) is 0 Å². The number of aliphatic hydroxyl groups is 1. The number of aromatic nitrogens is 3. The first-order valence-corrected chi connectivity index (χ1v) is 13.4. The molecule has 0 aliphatic carbocycles. The van der Waals surface area contributed by atoms with E-state index in [0.717, 1.165) is 19.3 Å². The first kappa shape index (κ1) is 29.6. The van der Waals surface area contributed by atoms with Crippen molar-refractivity contribution in [3.63, 3.8) is 0 Å². The van der Waals surface area contributed by atoms with E-state index < -0.39 is 66.9 Å². The van der Waals surface area contributed by atoms with Crippen molar-refractivity contribution < 1.29 is 47.9 Å². The molecule has 2 fully saturated rings. The zero-order chi connectivity index (χ0) is 28.2. The Morgan fingerprint density at radius 3 is 2.62 bits per heavy atom. The number of rotatable bonds is 12. The van der Waals surface area contributed by atoms with Gasteiger partial charge in [-0.1, -0.05) is 31.4 Å². The van der Waals surface area contributed by atoms with Crippen molar-refractivity contribution in [2.45, 2.75) is 122 Å². The summed E-state index contributed by atoms with van der Waals surface area (Å²) >= 11 is 0. The largest absolute Gasteiger partial charge is 0.463 e. The van der Waals surface area contributed by atoms with Crippen LogP contribution in [0.15, 0.2) is 18.3 Å². The second-order valence-corrected chi connectivity index (χ2v) is 10.4. The molecule has 0 aromatic carbocycles. The van der Waals surface area contributed by atoms with Crippen LogP contribution in [-0.4, -0.2) is 87.5 Å². The molecule has 4 rings (SSSR count). The van der Waals surface area contributed by atoms with Crippen molar-refractivity contribution in [1.29, 1.82) is 0 Å². The summed E-state index contributed by atoms with van der Waals surface area (Å²) in [4.78, 5) is 22.9. The third-order valence-corrected chi connectivity index (χ3v) is 6.62.